The Kier molecular flexibility index (Phi) is 3.47. The Balaban J connectivity index is 1.94. The van der Waals surface area contributed by atoms with E-state index in [2.05, 4.69) is 10.1 Å². The molecule has 3 rings (SSSR count). The molecule has 0 saturated heterocycles. The van der Waals surface area contributed by atoms with Crippen LogP contribution in [0.25, 0.3) is 22.6 Å². The Morgan fingerprint density at radius 3 is 2.27 bits per heavy atom. The van der Waals surface area contributed by atoms with Crippen LogP contribution >= 0.6 is 0 Å². The van der Waals surface area contributed by atoms with Gasteiger partial charge in [-0.1, -0.05) is 23.4 Å². The van der Waals surface area contributed by atoms with Crippen molar-refractivity contribution in [1.29, 1.82) is 0 Å². The Labute approximate surface area is 127 Å². The summed E-state index contributed by atoms with van der Waals surface area (Å²) in [5, 5.41) is 12.8. The van der Waals surface area contributed by atoms with Crippen molar-refractivity contribution in [2.24, 2.45) is 0 Å². The molecule has 0 aliphatic rings. The van der Waals surface area contributed by atoms with Gasteiger partial charge < -0.3 is 9.63 Å². The minimum Gasteiger partial charge on any atom is -0.478 e. The van der Waals surface area contributed by atoms with Gasteiger partial charge in [0.1, 0.15) is 0 Å². The molecule has 0 aliphatic heterocycles. The second kappa shape index (κ2) is 5.44. The van der Waals surface area contributed by atoms with Crippen LogP contribution in [0.15, 0.2) is 47.0 Å². The molecule has 0 amide bonds. The molecule has 1 aromatic heterocycles. The number of nitrogens with zero attached hydrogens (tertiary/aromatic N) is 2. The zero-order valence-electron chi connectivity index (χ0n) is 12.2. The minimum atomic E-state index is -0.920. The lowest BCUT2D eigenvalue weighted by molar-refractivity contribution is 0.0697. The first kappa shape index (κ1) is 14.0. The summed E-state index contributed by atoms with van der Waals surface area (Å²) >= 11 is 0. The maximum absolute atomic E-state index is 11.0. The van der Waals surface area contributed by atoms with Crippen LogP contribution < -0.4 is 0 Å². The normalized spacial score (nSPS) is 10.6. The minimum absolute atomic E-state index is 0.291. The highest BCUT2D eigenvalue weighted by Gasteiger charge is 2.09. The van der Waals surface area contributed by atoms with Crippen LogP contribution in [-0.2, 0) is 0 Å². The predicted molar refractivity (Wildman–Crippen MR) is 81.6 cm³/mol. The molecule has 0 fully saturated rings. The van der Waals surface area contributed by atoms with E-state index in [4.69, 9.17) is 9.63 Å². The van der Waals surface area contributed by atoms with Gasteiger partial charge in [-0.3, -0.25) is 0 Å². The van der Waals surface area contributed by atoms with E-state index in [0.29, 0.717) is 17.3 Å². The molecule has 5 heteroatoms. The van der Waals surface area contributed by atoms with Crippen molar-refractivity contribution in [3.8, 4) is 22.6 Å². The monoisotopic (exact) mass is 294 g/mol. The van der Waals surface area contributed by atoms with Crippen LogP contribution in [-0.4, -0.2) is 21.2 Å². The van der Waals surface area contributed by atoms with Crippen LogP contribution in [0.1, 0.15) is 21.7 Å². The van der Waals surface area contributed by atoms with Gasteiger partial charge in [-0.2, -0.15) is 4.98 Å². The lowest BCUT2D eigenvalue weighted by atomic mass is 9.97. The summed E-state index contributed by atoms with van der Waals surface area (Å²) < 4.78 is 5.14. The molecular weight excluding hydrogens is 280 g/mol. The molecule has 0 radical (unpaired) electrons. The van der Waals surface area contributed by atoms with Crippen molar-refractivity contribution >= 4 is 5.97 Å². The summed E-state index contributed by atoms with van der Waals surface area (Å²) in [7, 11) is 0. The fourth-order valence-corrected chi connectivity index (χ4v) is 2.33. The van der Waals surface area contributed by atoms with Gasteiger partial charge in [-0.05, 0) is 54.8 Å². The van der Waals surface area contributed by atoms with Gasteiger partial charge in [0.25, 0.3) is 5.89 Å². The third kappa shape index (κ3) is 2.61. The number of carboxylic acids is 1. The van der Waals surface area contributed by atoms with Crippen LogP contribution in [0, 0.1) is 13.8 Å². The molecule has 0 spiro atoms. The van der Waals surface area contributed by atoms with E-state index in [-0.39, 0.29) is 0 Å². The van der Waals surface area contributed by atoms with E-state index in [1.165, 1.54) is 0 Å². The van der Waals surface area contributed by atoms with Crippen molar-refractivity contribution in [3.05, 3.63) is 59.4 Å². The van der Waals surface area contributed by atoms with Crippen molar-refractivity contribution in [2.75, 3.05) is 0 Å². The lowest BCUT2D eigenvalue weighted by Crippen LogP contribution is -1.97. The number of aryl methyl sites for hydroxylation is 2. The fourth-order valence-electron chi connectivity index (χ4n) is 2.33. The molecule has 0 aliphatic carbocycles. The average Bonchev–Trinajstić information content (AvgIpc) is 2.94. The molecule has 0 unspecified atom stereocenters. The first-order valence-corrected chi connectivity index (χ1v) is 6.79. The molecule has 0 bridgehead atoms. The lowest BCUT2D eigenvalue weighted by Gasteiger charge is -2.07. The van der Waals surface area contributed by atoms with E-state index in [9.17, 15) is 4.79 Å². The van der Waals surface area contributed by atoms with Gasteiger partial charge in [0.05, 0.1) is 5.56 Å². The highest BCUT2D eigenvalue weighted by Crippen LogP contribution is 2.27. The second-order valence-electron chi connectivity index (χ2n) is 5.06. The smallest absolute Gasteiger partial charge is 0.335 e. The van der Waals surface area contributed by atoms with Gasteiger partial charge in [0.15, 0.2) is 5.82 Å². The largest absolute Gasteiger partial charge is 0.478 e. The van der Waals surface area contributed by atoms with Crippen LogP contribution in [0.2, 0.25) is 0 Å². The molecule has 22 heavy (non-hydrogen) atoms. The zero-order valence-corrected chi connectivity index (χ0v) is 12.2. The average molecular weight is 294 g/mol. The van der Waals surface area contributed by atoms with Gasteiger partial charge in [0.2, 0.25) is 0 Å². The number of carboxylic acid groups (broad SMARTS) is 1. The molecule has 3 aromatic rings. The Hall–Kier alpha value is -2.95. The Bertz CT molecular complexity index is 835. The number of carbonyl (C=O) groups is 1. The second-order valence-corrected chi connectivity index (χ2v) is 5.06. The third-order valence-electron chi connectivity index (χ3n) is 3.44. The number of hydrogen-bond donors (Lipinski definition) is 1. The van der Waals surface area contributed by atoms with Gasteiger partial charge in [-0.15, -0.1) is 0 Å². The molecule has 2 aromatic carbocycles. The number of rotatable bonds is 3. The molecule has 110 valence electrons. The molecule has 1 N–H and O–H groups in total. The van der Waals surface area contributed by atoms with Crippen LogP contribution in [0.5, 0.6) is 0 Å². The molecule has 0 saturated carbocycles. The number of benzene rings is 2. The van der Waals surface area contributed by atoms with E-state index in [1.54, 1.807) is 19.1 Å². The van der Waals surface area contributed by atoms with Crippen LogP contribution in [0.4, 0.5) is 0 Å². The zero-order chi connectivity index (χ0) is 15.7. The van der Waals surface area contributed by atoms with E-state index >= 15 is 0 Å². The summed E-state index contributed by atoms with van der Waals surface area (Å²) in [5.41, 5.74) is 4.07. The summed E-state index contributed by atoms with van der Waals surface area (Å²) in [6, 6.07) is 12.8. The van der Waals surface area contributed by atoms with E-state index in [0.717, 1.165) is 22.3 Å². The highest BCUT2D eigenvalue weighted by molar-refractivity contribution is 5.89. The molecule has 0 atom stereocenters. The van der Waals surface area contributed by atoms with Gasteiger partial charge >= 0.3 is 5.97 Å². The van der Waals surface area contributed by atoms with E-state index < -0.39 is 5.97 Å². The van der Waals surface area contributed by atoms with Crippen molar-refractivity contribution in [1.82, 2.24) is 10.1 Å². The first-order chi connectivity index (χ1) is 10.5. The van der Waals surface area contributed by atoms with Crippen LogP contribution in [0.3, 0.4) is 0 Å². The summed E-state index contributed by atoms with van der Waals surface area (Å²) in [5.74, 6) is 0.165. The maximum Gasteiger partial charge on any atom is 0.335 e. The van der Waals surface area contributed by atoms with Crippen molar-refractivity contribution in [2.45, 2.75) is 13.8 Å². The predicted octanol–water partition coefficient (Wildman–Crippen LogP) is 3.72. The number of hydrogen-bond acceptors (Lipinski definition) is 4. The SMILES string of the molecule is Cc1noc(-c2ccc(-c3ccc(C(=O)O)cc3C)cc2)n1. The van der Waals surface area contributed by atoms with Gasteiger partial charge in [-0.25, -0.2) is 4.79 Å². The molecule has 5 nitrogen and oxygen atoms in total. The summed E-state index contributed by atoms with van der Waals surface area (Å²) in [4.78, 5) is 15.2. The Morgan fingerprint density at radius 1 is 1.05 bits per heavy atom. The fraction of sp³-hybridized carbons (Fsp3) is 0.118. The first-order valence-electron chi connectivity index (χ1n) is 6.79. The number of aromatic nitrogens is 2. The van der Waals surface area contributed by atoms with Gasteiger partial charge in [0, 0.05) is 5.56 Å². The standard InChI is InChI=1S/C17H14N2O3/c1-10-9-14(17(20)21)7-8-15(10)12-3-5-13(6-4-12)16-18-11(2)19-22-16/h3-9H,1-2H3,(H,20,21). The topological polar surface area (TPSA) is 76.2 Å². The highest BCUT2D eigenvalue weighted by atomic mass is 16.5. The summed E-state index contributed by atoms with van der Waals surface area (Å²) in [6.45, 7) is 3.67. The van der Waals surface area contributed by atoms with Crippen molar-refractivity contribution < 1.29 is 14.4 Å². The van der Waals surface area contributed by atoms with Crippen molar-refractivity contribution in [3.63, 3.8) is 0 Å². The van der Waals surface area contributed by atoms with E-state index in [1.807, 2.05) is 37.3 Å². The quantitative estimate of drug-likeness (QED) is 0.796. The number of aromatic carboxylic acids is 1. The summed E-state index contributed by atoms with van der Waals surface area (Å²) in [6.07, 6.45) is 0. The molecule has 1 heterocycles. The maximum atomic E-state index is 11.0. The third-order valence-corrected chi connectivity index (χ3v) is 3.44. The molecular formula is C17H14N2O3. The Morgan fingerprint density at radius 2 is 1.73 bits per heavy atom.